The Hall–Kier alpha value is -2.65. The van der Waals surface area contributed by atoms with Crippen LogP contribution in [0.1, 0.15) is 19.6 Å². The third-order valence-electron chi connectivity index (χ3n) is 3.83. The average Bonchev–Trinajstić information content (AvgIpc) is 3.20. The second-order valence-electron chi connectivity index (χ2n) is 5.50. The number of benzene rings is 1. The molecular weight excluding hydrogens is 388 g/mol. The van der Waals surface area contributed by atoms with Crippen molar-refractivity contribution in [1.82, 2.24) is 4.90 Å². The standard InChI is InChI=1S/C18H16N2O5S2/c1-3-19-17(21)16(27-18(19)26)10-12-6-8-15(25-12)13-7-5-11(24-4-2)9-14(13)20(22)23/h5-10H,3-4H2,1-2H3/b16-10-. The van der Waals surface area contributed by atoms with Crippen molar-refractivity contribution in [2.24, 2.45) is 0 Å². The summed E-state index contributed by atoms with van der Waals surface area (Å²) in [7, 11) is 0. The van der Waals surface area contributed by atoms with Crippen LogP contribution in [0.25, 0.3) is 17.4 Å². The third-order valence-corrected chi connectivity index (χ3v) is 5.21. The fourth-order valence-corrected chi connectivity index (χ4v) is 3.97. The summed E-state index contributed by atoms with van der Waals surface area (Å²) in [5.74, 6) is 1.01. The zero-order valence-corrected chi connectivity index (χ0v) is 16.3. The monoisotopic (exact) mass is 404 g/mol. The van der Waals surface area contributed by atoms with Crippen LogP contribution in [-0.2, 0) is 4.79 Å². The molecule has 1 aliphatic rings. The summed E-state index contributed by atoms with van der Waals surface area (Å²) in [5.41, 5.74) is 0.225. The number of likely N-dealkylation sites (N-methyl/N-ethyl adjacent to an activating group) is 1. The minimum Gasteiger partial charge on any atom is -0.494 e. The molecule has 140 valence electrons. The number of nitro groups is 1. The van der Waals surface area contributed by atoms with Crippen LogP contribution < -0.4 is 4.74 Å². The number of amides is 1. The van der Waals surface area contributed by atoms with E-state index in [1.165, 1.54) is 22.7 Å². The number of ether oxygens (including phenoxy) is 1. The summed E-state index contributed by atoms with van der Waals surface area (Å²) in [6.07, 6.45) is 1.60. The van der Waals surface area contributed by atoms with E-state index in [1.54, 1.807) is 37.3 Å². The Morgan fingerprint density at radius 2 is 2.11 bits per heavy atom. The highest BCUT2D eigenvalue weighted by molar-refractivity contribution is 8.26. The maximum Gasteiger partial charge on any atom is 0.284 e. The molecule has 27 heavy (non-hydrogen) atoms. The second kappa shape index (κ2) is 7.93. The molecule has 0 saturated carbocycles. The van der Waals surface area contributed by atoms with E-state index >= 15 is 0 Å². The molecule has 3 rings (SSSR count). The summed E-state index contributed by atoms with van der Waals surface area (Å²) in [4.78, 5) is 25.2. The molecule has 0 bridgehead atoms. The lowest BCUT2D eigenvalue weighted by molar-refractivity contribution is -0.384. The molecule has 1 aromatic carbocycles. The zero-order valence-electron chi connectivity index (χ0n) is 14.6. The van der Waals surface area contributed by atoms with Crippen molar-refractivity contribution in [3.8, 4) is 17.1 Å². The van der Waals surface area contributed by atoms with Gasteiger partial charge in [0.15, 0.2) is 0 Å². The molecular formula is C18H16N2O5S2. The highest BCUT2D eigenvalue weighted by atomic mass is 32.2. The minimum atomic E-state index is -0.480. The van der Waals surface area contributed by atoms with Gasteiger partial charge in [0.25, 0.3) is 11.6 Å². The first-order valence-electron chi connectivity index (χ1n) is 8.21. The molecule has 7 nitrogen and oxygen atoms in total. The molecule has 0 N–H and O–H groups in total. The summed E-state index contributed by atoms with van der Waals surface area (Å²) in [6, 6.07) is 7.90. The van der Waals surface area contributed by atoms with Gasteiger partial charge in [0.2, 0.25) is 0 Å². The highest BCUT2D eigenvalue weighted by Crippen LogP contribution is 2.36. The molecule has 1 saturated heterocycles. The van der Waals surface area contributed by atoms with Crippen molar-refractivity contribution in [1.29, 1.82) is 0 Å². The van der Waals surface area contributed by atoms with E-state index in [4.69, 9.17) is 21.4 Å². The van der Waals surface area contributed by atoms with Crippen LogP contribution in [0.15, 0.2) is 39.7 Å². The number of rotatable bonds is 6. The van der Waals surface area contributed by atoms with Gasteiger partial charge in [0, 0.05) is 12.6 Å². The van der Waals surface area contributed by atoms with Crippen molar-refractivity contribution in [3.63, 3.8) is 0 Å². The van der Waals surface area contributed by atoms with Crippen LogP contribution in [0.4, 0.5) is 5.69 Å². The maximum absolute atomic E-state index is 12.3. The number of carbonyl (C=O) groups excluding carboxylic acids is 1. The maximum atomic E-state index is 12.3. The van der Waals surface area contributed by atoms with Crippen molar-refractivity contribution in [2.75, 3.05) is 13.2 Å². The predicted molar refractivity (Wildman–Crippen MR) is 108 cm³/mol. The van der Waals surface area contributed by atoms with E-state index in [0.717, 1.165) is 0 Å². The Bertz CT molecular complexity index is 951. The van der Waals surface area contributed by atoms with Crippen LogP contribution in [0.5, 0.6) is 5.75 Å². The summed E-state index contributed by atoms with van der Waals surface area (Å²) in [5, 5.41) is 11.4. The number of nitrogens with zero attached hydrogens (tertiary/aromatic N) is 2. The Morgan fingerprint density at radius 3 is 2.74 bits per heavy atom. The van der Waals surface area contributed by atoms with Gasteiger partial charge in [0.1, 0.15) is 21.6 Å². The lowest BCUT2D eigenvalue weighted by Gasteiger charge is -2.09. The highest BCUT2D eigenvalue weighted by Gasteiger charge is 2.31. The number of thioether (sulfide) groups is 1. The molecule has 0 aliphatic carbocycles. The van der Waals surface area contributed by atoms with Gasteiger partial charge in [-0.15, -0.1) is 0 Å². The van der Waals surface area contributed by atoms with Gasteiger partial charge in [-0.05, 0) is 38.1 Å². The van der Waals surface area contributed by atoms with E-state index in [0.29, 0.717) is 45.2 Å². The fraction of sp³-hybridized carbons (Fsp3) is 0.222. The summed E-state index contributed by atoms with van der Waals surface area (Å²) in [6.45, 7) is 4.57. The number of nitro benzene ring substituents is 1. The number of furan rings is 1. The number of thiocarbonyl (C=S) groups is 1. The van der Waals surface area contributed by atoms with Gasteiger partial charge in [0.05, 0.1) is 28.1 Å². The van der Waals surface area contributed by atoms with Gasteiger partial charge in [-0.3, -0.25) is 19.8 Å². The van der Waals surface area contributed by atoms with Gasteiger partial charge in [-0.2, -0.15) is 0 Å². The number of hydrogen-bond donors (Lipinski definition) is 0. The van der Waals surface area contributed by atoms with Crippen LogP contribution in [0.2, 0.25) is 0 Å². The normalized spacial score (nSPS) is 15.6. The average molecular weight is 404 g/mol. The smallest absolute Gasteiger partial charge is 0.284 e. The minimum absolute atomic E-state index is 0.112. The van der Waals surface area contributed by atoms with E-state index in [1.807, 2.05) is 6.92 Å². The van der Waals surface area contributed by atoms with Gasteiger partial charge in [-0.25, -0.2) is 0 Å². The molecule has 2 aromatic rings. The Kier molecular flexibility index (Phi) is 5.62. The Labute approximate surface area is 165 Å². The topological polar surface area (TPSA) is 85.8 Å². The summed E-state index contributed by atoms with van der Waals surface area (Å²) >= 11 is 6.39. The Morgan fingerprint density at radius 1 is 1.33 bits per heavy atom. The van der Waals surface area contributed by atoms with Gasteiger partial charge < -0.3 is 9.15 Å². The molecule has 0 unspecified atom stereocenters. The molecule has 0 atom stereocenters. The second-order valence-corrected chi connectivity index (χ2v) is 7.17. The largest absolute Gasteiger partial charge is 0.494 e. The van der Waals surface area contributed by atoms with Crippen molar-refractivity contribution >= 4 is 46.0 Å². The first kappa shape index (κ1) is 19.1. The lowest BCUT2D eigenvalue weighted by atomic mass is 10.1. The molecule has 0 spiro atoms. The van der Waals surface area contributed by atoms with Crippen molar-refractivity contribution < 1.29 is 18.9 Å². The van der Waals surface area contributed by atoms with E-state index in [-0.39, 0.29) is 11.6 Å². The fourth-order valence-electron chi connectivity index (χ4n) is 2.60. The van der Waals surface area contributed by atoms with Crippen LogP contribution >= 0.6 is 24.0 Å². The molecule has 1 amide bonds. The number of hydrogen-bond acceptors (Lipinski definition) is 7. The van der Waals surface area contributed by atoms with E-state index in [2.05, 4.69) is 0 Å². The van der Waals surface area contributed by atoms with Crippen LogP contribution in [0, 0.1) is 10.1 Å². The SMILES string of the molecule is CCOc1ccc(-c2ccc(/C=C3\SC(=S)N(CC)C3=O)o2)c([N+](=O)[O-])c1. The van der Waals surface area contributed by atoms with Crippen molar-refractivity contribution in [3.05, 3.63) is 51.1 Å². The van der Waals surface area contributed by atoms with Crippen molar-refractivity contribution in [2.45, 2.75) is 13.8 Å². The lowest BCUT2D eigenvalue weighted by Crippen LogP contribution is -2.27. The van der Waals surface area contributed by atoms with Gasteiger partial charge in [-0.1, -0.05) is 24.0 Å². The first-order valence-corrected chi connectivity index (χ1v) is 9.43. The molecule has 1 aromatic heterocycles. The van der Waals surface area contributed by atoms with Crippen LogP contribution in [-0.4, -0.2) is 33.2 Å². The third kappa shape index (κ3) is 3.88. The van der Waals surface area contributed by atoms with Gasteiger partial charge >= 0.3 is 0 Å². The molecule has 1 aliphatic heterocycles. The summed E-state index contributed by atoms with van der Waals surface area (Å²) < 4.78 is 11.6. The zero-order chi connectivity index (χ0) is 19.6. The van der Waals surface area contributed by atoms with E-state index < -0.39 is 4.92 Å². The van der Waals surface area contributed by atoms with E-state index in [9.17, 15) is 14.9 Å². The molecule has 9 heteroatoms. The molecule has 2 heterocycles. The van der Waals surface area contributed by atoms with Crippen LogP contribution in [0.3, 0.4) is 0 Å². The Balaban J connectivity index is 1.93. The number of carbonyl (C=O) groups is 1. The quantitative estimate of drug-likeness (QED) is 0.304. The molecule has 1 fully saturated rings. The molecule has 0 radical (unpaired) electrons. The first-order chi connectivity index (χ1) is 12.9. The predicted octanol–water partition coefficient (Wildman–Crippen LogP) is 4.47.